The number of halogens is 6. The Bertz CT molecular complexity index is 1020. The molecule has 1 heterocycles. The van der Waals surface area contributed by atoms with Gasteiger partial charge in [0.25, 0.3) is 0 Å². The van der Waals surface area contributed by atoms with Crippen LogP contribution in [0.2, 0.25) is 0 Å². The Morgan fingerprint density at radius 3 is 1.55 bits per heavy atom. The molecule has 4 rings (SSSR count). The Hall–Kier alpha value is -2.23. The third kappa shape index (κ3) is 6.88. The maximum atomic E-state index is 12.7. The quantitative estimate of drug-likeness (QED) is 0.272. The van der Waals surface area contributed by atoms with E-state index in [0.29, 0.717) is 12.2 Å². The summed E-state index contributed by atoms with van der Waals surface area (Å²) in [7, 11) is -12.3. The fourth-order valence-electron chi connectivity index (χ4n) is 3.74. The Balaban J connectivity index is 0.000000339. The number of hydrogen-bond donors (Lipinski definition) is 0. The number of benzene rings is 3. The smallest absolute Gasteiger partial charge is 0.166 e. The van der Waals surface area contributed by atoms with Gasteiger partial charge in [0.2, 0.25) is 0 Å². The van der Waals surface area contributed by atoms with Gasteiger partial charge in [-0.15, -0.1) is 0 Å². The molecule has 1 aliphatic rings. The molecule has 0 N–H and O–H groups in total. The molecule has 0 saturated carbocycles. The van der Waals surface area contributed by atoms with Crippen molar-refractivity contribution in [1.29, 1.82) is 0 Å². The standard InChI is InChI=1S/C22H20OP.F6P/c23-22-15-16-24(19-10-3-1-4-11-19,20-12-5-2-6-13-20)17-18-9-7-8-14-21(18)22;1-7(2,3,4,5)6/h1-14H,15-17H2;/q+1;-1. The van der Waals surface area contributed by atoms with Crippen molar-refractivity contribution >= 4 is 31.5 Å². The molecule has 31 heavy (non-hydrogen) atoms. The summed E-state index contributed by atoms with van der Waals surface area (Å²) in [4.78, 5) is 12.7. The first-order chi connectivity index (χ1) is 14.2. The zero-order valence-corrected chi connectivity index (χ0v) is 18.1. The van der Waals surface area contributed by atoms with Crippen LogP contribution in [0, 0.1) is 0 Å². The Morgan fingerprint density at radius 2 is 1.06 bits per heavy atom. The first-order valence-electron chi connectivity index (χ1n) is 9.40. The maximum absolute atomic E-state index is 12.7. The van der Waals surface area contributed by atoms with Crippen molar-refractivity contribution in [1.82, 2.24) is 0 Å². The average molecular weight is 476 g/mol. The Labute approximate surface area is 176 Å². The van der Waals surface area contributed by atoms with Crippen LogP contribution < -0.4 is 10.6 Å². The second kappa shape index (κ2) is 7.72. The molecule has 166 valence electrons. The van der Waals surface area contributed by atoms with E-state index in [1.807, 2.05) is 12.1 Å². The molecule has 0 amide bonds. The van der Waals surface area contributed by atoms with Crippen molar-refractivity contribution in [2.75, 3.05) is 6.16 Å². The van der Waals surface area contributed by atoms with E-state index >= 15 is 0 Å². The summed E-state index contributed by atoms with van der Waals surface area (Å²) < 4.78 is 59.2. The number of Topliss-reactive ketones (excluding diaryl/α,β-unsaturated/α-hetero) is 1. The van der Waals surface area contributed by atoms with Crippen molar-refractivity contribution in [3.63, 3.8) is 0 Å². The van der Waals surface area contributed by atoms with E-state index in [-0.39, 0.29) is 0 Å². The number of carbonyl (C=O) groups excluding carboxylic acids is 1. The summed E-state index contributed by atoms with van der Waals surface area (Å²) in [5.74, 6) is 0.291. The predicted octanol–water partition coefficient (Wildman–Crippen LogP) is 7.82. The molecule has 3 aromatic carbocycles. The van der Waals surface area contributed by atoms with Gasteiger partial charge in [0.1, 0.15) is 0 Å². The number of hydrogen-bond acceptors (Lipinski definition) is 1. The minimum atomic E-state index is -10.7. The van der Waals surface area contributed by atoms with Crippen LogP contribution in [0.15, 0.2) is 84.9 Å². The molecular weight excluding hydrogens is 456 g/mol. The second-order valence-corrected chi connectivity index (χ2v) is 13.0. The molecule has 1 nitrogen and oxygen atoms in total. The van der Waals surface area contributed by atoms with Crippen molar-refractivity contribution in [3.05, 3.63) is 96.1 Å². The van der Waals surface area contributed by atoms with E-state index in [0.717, 1.165) is 17.9 Å². The molecule has 0 atom stereocenters. The van der Waals surface area contributed by atoms with Crippen molar-refractivity contribution in [2.24, 2.45) is 0 Å². The van der Waals surface area contributed by atoms with Gasteiger partial charge < -0.3 is 0 Å². The molecule has 9 heteroatoms. The maximum Gasteiger partial charge on any atom is 0.166 e. The van der Waals surface area contributed by atoms with Gasteiger partial charge in [-0.25, -0.2) is 0 Å². The summed E-state index contributed by atoms with van der Waals surface area (Å²) in [6.45, 7) is 0. The van der Waals surface area contributed by atoms with Crippen LogP contribution in [-0.2, 0) is 6.16 Å². The van der Waals surface area contributed by atoms with Crippen LogP contribution in [0.3, 0.4) is 0 Å². The van der Waals surface area contributed by atoms with Gasteiger partial charge in [-0.2, -0.15) is 0 Å². The van der Waals surface area contributed by atoms with E-state index in [1.54, 1.807) is 0 Å². The van der Waals surface area contributed by atoms with Gasteiger partial charge >= 0.3 is 33.0 Å². The van der Waals surface area contributed by atoms with Crippen LogP contribution >= 0.6 is 15.1 Å². The first kappa shape index (κ1) is 23.4. The first-order valence-corrected chi connectivity index (χ1v) is 13.6. The summed E-state index contributed by atoms with van der Waals surface area (Å²) in [6.07, 6.45) is 2.56. The van der Waals surface area contributed by atoms with Crippen LogP contribution in [0.25, 0.3) is 0 Å². The third-order valence-electron chi connectivity index (χ3n) is 4.98. The van der Waals surface area contributed by atoms with E-state index in [9.17, 15) is 30.0 Å². The largest absolute Gasteiger partial charge is 0.294 e. The summed E-state index contributed by atoms with van der Waals surface area (Å²) in [5, 5.41) is 2.81. The van der Waals surface area contributed by atoms with Gasteiger partial charge in [0, 0.05) is 17.5 Å². The molecule has 1 aliphatic heterocycles. The van der Waals surface area contributed by atoms with Crippen LogP contribution in [0.1, 0.15) is 22.3 Å². The Kier molecular flexibility index (Phi) is 5.84. The number of rotatable bonds is 2. The molecule has 0 radical (unpaired) electrons. The summed E-state index contributed by atoms with van der Waals surface area (Å²) >= 11 is 0. The topological polar surface area (TPSA) is 17.1 Å². The minimum Gasteiger partial charge on any atom is -0.294 e. The molecule has 0 fully saturated rings. The molecule has 0 unspecified atom stereocenters. The molecular formula is C22H20F6OP2. The van der Waals surface area contributed by atoms with Crippen molar-refractivity contribution in [2.45, 2.75) is 12.6 Å². The normalized spacial score (nSPS) is 17.8. The molecule has 0 aromatic heterocycles. The SMILES string of the molecule is F[P-](F)(F)(F)(F)F.O=C1CC[P+](c2ccccc2)(c2ccccc2)Cc2ccccc21. The van der Waals surface area contributed by atoms with Crippen molar-refractivity contribution in [3.8, 4) is 0 Å². The van der Waals surface area contributed by atoms with Crippen LogP contribution in [-0.4, -0.2) is 11.9 Å². The molecule has 0 saturated heterocycles. The second-order valence-electron chi connectivity index (χ2n) is 7.31. The van der Waals surface area contributed by atoms with E-state index < -0.39 is 15.1 Å². The zero-order chi connectivity index (χ0) is 22.8. The molecule has 0 bridgehead atoms. The molecule has 3 aromatic rings. The number of carbonyl (C=O) groups is 1. The number of ketones is 1. The van der Waals surface area contributed by atoms with Crippen LogP contribution in [0.4, 0.5) is 25.2 Å². The van der Waals surface area contributed by atoms with E-state index in [4.69, 9.17) is 0 Å². The van der Waals surface area contributed by atoms with Crippen LogP contribution in [0.5, 0.6) is 0 Å². The monoisotopic (exact) mass is 476 g/mol. The molecule has 0 aliphatic carbocycles. The average Bonchev–Trinajstić information content (AvgIpc) is 2.85. The fourth-order valence-corrected chi connectivity index (χ4v) is 8.01. The van der Waals surface area contributed by atoms with Gasteiger partial charge in [-0.3, -0.25) is 4.79 Å². The molecule has 0 spiro atoms. The van der Waals surface area contributed by atoms with Gasteiger partial charge in [-0.1, -0.05) is 60.7 Å². The zero-order valence-electron chi connectivity index (χ0n) is 16.3. The third-order valence-corrected chi connectivity index (χ3v) is 9.42. The minimum absolute atomic E-state index is 0.291. The van der Waals surface area contributed by atoms with Gasteiger partial charge in [-0.05, 0) is 24.3 Å². The summed E-state index contributed by atoms with van der Waals surface area (Å²) in [6, 6.07) is 29.8. The Morgan fingerprint density at radius 1 is 0.645 bits per heavy atom. The van der Waals surface area contributed by atoms with E-state index in [2.05, 4.69) is 72.8 Å². The van der Waals surface area contributed by atoms with E-state index in [1.165, 1.54) is 16.2 Å². The van der Waals surface area contributed by atoms with Gasteiger partial charge in [0.15, 0.2) is 5.78 Å². The fraction of sp³-hybridized carbons (Fsp3) is 0.136. The summed E-state index contributed by atoms with van der Waals surface area (Å²) in [5.41, 5.74) is 2.13. The van der Waals surface area contributed by atoms with Crippen molar-refractivity contribution < 1.29 is 30.0 Å². The van der Waals surface area contributed by atoms with Gasteiger partial charge in [0.05, 0.1) is 30.2 Å². The number of fused-ring (bicyclic) bond motifs is 1. The predicted molar refractivity (Wildman–Crippen MR) is 117 cm³/mol.